The van der Waals surface area contributed by atoms with Crippen LogP contribution in [0, 0.1) is 0 Å². The third kappa shape index (κ3) is 4.00. The molecule has 18 heavy (non-hydrogen) atoms. The minimum absolute atomic E-state index is 0.339. The zero-order valence-corrected chi connectivity index (χ0v) is 9.75. The Kier molecular flexibility index (Phi) is 4.68. The van der Waals surface area contributed by atoms with Crippen molar-refractivity contribution in [1.82, 2.24) is 0 Å². The Morgan fingerprint density at radius 1 is 1.33 bits per heavy atom. The lowest BCUT2D eigenvalue weighted by Crippen LogP contribution is -2.24. The second-order valence-electron chi connectivity index (χ2n) is 2.94. The van der Waals surface area contributed by atoms with Crippen LogP contribution in [0.2, 0.25) is 0 Å². The zero-order chi connectivity index (χ0) is 13.8. The maximum absolute atomic E-state index is 12.6. The lowest BCUT2D eigenvalue weighted by molar-refractivity contribution is -0.0597. The molecule has 0 aromatic heterocycles. The van der Waals surface area contributed by atoms with E-state index < -0.39 is 23.2 Å². The lowest BCUT2D eigenvalue weighted by Gasteiger charge is -2.11. The largest absolute Gasteiger partial charge is 0.738 e. The second kappa shape index (κ2) is 5.83. The van der Waals surface area contributed by atoms with Gasteiger partial charge in [-0.1, -0.05) is 5.16 Å². The molecule has 1 aromatic carbocycles. The van der Waals surface area contributed by atoms with Crippen molar-refractivity contribution in [3.63, 3.8) is 0 Å². The van der Waals surface area contributed by atoms with Gasteiger partial charge in [-0.15, -0.1) is 0 Å². The van der Waals surface area contributed by atoms with Gasteiger partial charge in [-0.25, -0.2) is 4.21 Å². The van der Waals surface area contributed by atoms with Crippen LogP contribution in [0.5, 0.6) is 5.75 Å². The highest BCUT2D eigenvalue weighted by molar-refractivity contribution is 7.74. The molecule has 0 saturated carbocycles. The monoisotopic (exact) mass is 282 g/mol. The molecule has 0 N–H and O–H groups in total. The van der Waals surface area contributed by atoms with Gasteiger partial charge >= 0.3 is 6.18 Å². The number of hydrogen-bond donors (Lipinski definition) is 0. The van der Waals surface area contributed by atoms with E-state index in [4.69, 9.17) is 4.74 Å². The van der Waals surface area contributed by atoms with Crippen LogP contribution >= 0.6 is 0 Å². The molecule has 9 heteroatoms. The Morgan fingerprint density at radius 2 is 1.89 bits per heavy atom. The van der Waals surface area contributed by atoms with Gasteiger partial charge in [0, 0.05) is 5.56 Å². The van der Waals surface area contributed by atoms with Crippen LogP contribution < -0.4 is 4.74 Å². The average molecular weight is 282 g/mol. The van der Waals surface area contributed by atoms with Gasteiger partial charge in [0.25, 0.3) is 0 Å². The van der Waals surface area contributed by atoms with Gasteiger partial charge in [0.15, 0.2) is 17.1 Å². The number of hydrogen-bond acceptors (Lipinski definition) is 5. The van der Waals surface area contributed by atoms with Gasteiger partial charge in [-0.2, -0.15) is 13.2 Å². The van der Waals surface area contributed by atoms with E-state index in [1.54, 1.807) is 0 Å². The quantitative estimate of drug-likeness (QED) is 0.479. The number of rotatable bonds is 4. The molecule has 1 aromatic rings. The van der Waals surface area contributed by atoms with Crippen LogP contribution in [0.15, 0.2) is 29.4 Å². The topological polar surface area (TPSA) is 71.0 Å². The molecule has 0 bridgehead atoms. The predicted molar refractivity (Wildman–Crippen MR) is 55.6 cm³/mol. The Balaban J connectivity index is 3.09. The number of oxime groups is 1. The van der Waals surface area contributed by atoms with Crippen LogP contribution in [0.4, 0.5) is 13.2 Å². The molecule has 0 aliphatic rings. The van der Waals surface area contributed by atoms with E-state index in [1.165, 1.54) is 19.2 Å². The van der Waals surface area contributed by atoms with Crippen molar-refractivity contribution in [2.45, 2.75) is 6.18 Å². The second-order valence-corrected chi connectivity index (χ2v) is 3.50. The smallest absolute Gasteiger partial charge is 0.437 e. The number of benzene rings is 1. The van der Waals surface area contributed by atoms with Crippen LogP contribution in [-0.4, -0.2) is 27.8 Å². The number of nitrogens with zero attached hydrogens (tertiary/aromatic N) is 1. The van der Waals surface area contributed by atoms with Gasteiger partial charge in [-0.3, -0.25) is 0 Å². The number of halogens is 3. The summed E-state index contributed by atoms with van der Waals surface area (Å²) in [6.45, 7) is 0. The number of methoxy groups -OCH3 is 1. The molecule has 0 saturated heterocycles. The van der Waals surface area contributed by atoms with Crippen LogP contribution in [0.3, 0.4) is 0 Å². The van der Waals surface area contributed by atoms with Crippen molar-refractivity contribution in [3.8, 4) is 5.75 Å². The Hall–Kier alpha value is -1.61. The summed E-state index contributed by atoms with van der Waals surface area (Å²) in [6.07, 6.45) is -4.84. The van der Waals surface area contributed by atoms with E-state index in [0.29, 0.717) is 5.75 Å². The molecule has 5 nitrogen and oxygen atoms in total. The molecule has 0 radical (unpaired) electrons. The predicted octanol–water partition coefficient (Wildman–Crippen LogP) is 1.77. The average Bonchev–Trinajstić information content (AvgIpc) is 2.28. The Bertz CT molecular complexity index is 458. The van der Waals surface area contributed by atoms with E-state index in [2.05, 4.69) is 9.44 Å². The lowest BCUT2D eigenvalue weighted by atomic mass is 10.1. The summed E-state index contributed by atoms with van der Waals surface area (Å²) in [4.78, 5) is 0. The first kappa shape index (κ1) is 14.5. The normalized spacial score (nSPS) is 14.2. The molecular weight excluding hydrogens is 275 g/mol. The van der Waals surface area contributed by atoms with Gasteiger partial charge in [0.1, 0.15) is 5.75 Å². The molecule has 100 valence electrons. The first-order valence-electron chi connectivity index (χ1n) is 4.41. The first-order valence-corrected chi connectivity index (χ1v) is 5.41. The summed E-state index contributed by atoms with van der Waals surface area (Å²) in [5.41, 5.74) is -1.79. The van der Waals surface area contributed by atoms with Gasteiger partial charge in [0.2, 0.25) is 0 Å². The molecule has 0 spiro atoms. The summed E-state index contributed by atoms with van der Waals surface area (Å²) in [6, 6.07) is 4.74. The third-order valence-electron chi connectivity index (χ3n) is 1.82. The van der Waals surface area contributed by atoms with E-state index in [1.807, 2.05) is 0 Å². The summed E-state index contributed by atoms with van der Waals surface area (Å²) in [7, 11) is 1.36. The fourth-order valence-corrected chi connectivity index (χ4v) is 1.22. The van der Waals surface area contributed by atoms with Gasteiger partial charge in [0.05, 0.1) is 7.11 Å². The van der Waals surface area contributed by atoms with Crippen molar-refractivity contribution < 1.29 is 31.0 Å². The van der Waals surface area contributed by atoms with E-state index in [9.17, 15) is 21.9 Å². The van der Waals surface area contributed by atoms with Crippen LogP contribution in [0.25, 0.3) is 0 Å². The maximum atomic E-state index is 12.6. The SMILES string of the molecule is COc1ccc(/C(=N/OS(=O)[O-])C(F)(F)F)cc1. The molecule has 1 rings (SSSR count). The van der Waals surface area contributed by atoms with Crippen molar-refractivity contribution in [1.29, 1.82) is 0 Å². The summed E-state index contributed by atoms with van der Waals surface area (Å²) < 4.78 is 66.3. The van der Waals surface area contributed by atoms with E-state index in [0.717, 1.165) is 12.1 Å². The number of alkyl halides is 3. The molecule has 0 fully saturated rings. The molecule has 0 aliphatic heterocycles. The maximum Gasteiger partial charge on any atom is 0.437 e. The van der Waals surface area contributed by atoms with E-state index >= 15 is 0 Å². The van der Waals surface area contributed by atoms with Crippen LogP contribution in [0.1, 0.15) is 5.56 Å². The highest BCUT2D eigenvalue weighted by atomic mass is 32.2. The molecule has 0 heterocycles. The molecule has 0 amide bonds. The fourth-order valence-electron chi connectivity index (χ4n) is 1.08. The van der Waals surface area contributed by atoms with E-state index in [-0.39, 0.29) is 5.56 Å². The number of ether oxygens (including phenoxy) is 1. The van der Waals surface area contributed by atoms with Gasteiger partial charge in [-0.05, 0) is 24.3 Å². The third-order valence-corrected chi connectivity index (χ3v) is 2.02. The molecule has 0 aliphatic carbocycles. The van der Waals surface area contributed by atoms with Crippen LogP contribution in [-0.2, 0) is 15.6 Å². The molecule has 1 atom stereocenters. The Labute approximate surface area is 103 Å². The summed E-state index contributed by atoms with van der Waals surface area (Å²) in [5, 5.41) is 2.56. The van der Waals surface area contributed by atoms with Crippen molar-refractivity contribution >= 4 is 17.1 Å². The fraction of sp³-hybridized carbons (Fsp3) is 0.222. The van der Waals surface area contributed by atoms with Crippen molar-refractivity contribution in [2.24, 2.45) is 5.16 Å². The standard InChI is InChI=1S/C9H8F3NO4S/c1-16-7-4-2-6(3-5-7)8(9(10,11)12)13-17-18(14)15/h2-5H,1H3,(H,14,15)/p-1/b13-8-. The zero-order valence-electron chi connectivity index (χ0n) is 8.93. The summed E-state index contributed by atoms with van der Waals surface area (Å²) >= 11 is -3.16. The first-order chi connectivity index (χ1) is 8.34. The minimum Gasteiger partial charge on any atom is -0.738 e. The van der Waals surface area contributed by atoms with Crippen molar-refractivity contribution in [2.75, 3.05) is 7.11 Å². The Morgan fingerprint density at radius 3 is 2.28 bits per heavy atom. The minimum atomic E-state index is -4.84. The summed E-state index contributed by atoms with van der Waals surface area (Å²) in [5.74, 6) is 0.355. The molecule has 1 unspecified atom stereocenters. The highest BCUT2D eigenvalue weighted by Crippen LogP contribution is 2.24. The van der Waals surface area contributed by atoms with Crippen molar-refractivity contribution in [3.05, 3.63) is 29.8 Å². The van der Waals surface area contributed by atoms with Gasteiger partial charge < -0.3 is 13.6 Å². The highest BCUT2D eigenvalue weighted by Gasteiger charge is 2.38. The molecular formula is C9H7F3NO4S-.